The van der Waals surface area contributed by atoms with E-state index in [1.54, 1.807) is 19.9 Å². The van der Waals surface area contributed by atoms with E-state index in [2.05, 4.69) is 26.8 Å². The van der Waals surface area contributed by atoms with Gasteiger partial charge in [0.2, 0.25) is 0 Å². The third-order valence-electron chi connectivity index (χ3n) is 22.5. The zero-order valence-electron chi connectivity index (χ0n) is 51.9. The molecule has 0 radical (unpaired) electrons. The van der Waals surface area contributed by atoms with E-state index < -0.39 is 224 Å². The van der Waals surface area contributed by atoms with Crippen molar-refractivity contribution < 1.29 is 133 Å². The van der Waals surface area contributed by atoms with Crippen LogP contribution in [0.5, 0.6) is 0 Å². The molecule has 4 saturated heterocycles. The quantitative estimate of drug-likeness (QED) is 0.0320. The minimum absolute atomic E-state index is 0.0452. The topological polar surface area (TPSA) is 413 Å². The van der Waals surface area contributed by atoms with E-state index >= 15 is 0 Å². The number of carboxylic acids is 1. The highest BCUT2D eigenvalue weighted by Crippen LogP contribution is 2.76. The van der Waals surface area contributed by atoms with Gasteiger partial charge in [0.1, 0.15) is 91.6 Å². The predicted octanol–water partition coefficient (Wildman–Crippen LogP) is -0.620. The fraction of sp³-hybridized carbons (Fsp3) is 0.869. The van der Waals surface area contributed by atoms with Crippen molar-refractivity contribution in [2.45, 2.75) is 256 Å². The summed E-state index contributed by atoms with van der Waals surface area (Å²) in [4.78, 5) is 53.4. The van der Waals surface area contributed by atoms with Gasteiger partial charge in [-0.2, -0.15) is 0 Å². The van der Waals surface area contributed by atoms with Crippen molar-refractivity contribution in [3.63, 3.8) is 0 Å². The van der Waals surface area contributed by atoms with Crippen LogP contribution in [0, 0.1) is 50.2 Å². The lowest BCUT2D eigenvalue weighted by atomic mass is 9.33. The molecular weight excluding hydrogens is 1160 g/mol. The first-order valence-corrected chi connectivity index (χ1v) is 30.7. The molecule has 4 saturated carbocycles. The molecule has 4 heterocycles. The summed E-state index contributed by atoms with van der Waals surface area (Å²) in [6.07, 6.45) is -30.8. The molecule has 27 nitrogen and oxygen atoms in total. The summed E-state index contributed by atoms with van der Waals surface area (Å²) in [7, 11) is 0. The minimum atomic E-state index is -2.22. The van der Waals surface area contributed by atoms with Gasteiger partial charge >= 0.3 is 23.9 Å². The van der Waals surface area contributed by atoms with E-state index in [4.69, 9.17) is 52.1 Å². The number of fused-ring (bicyclic) bond motifs is 7. The second-order valence-corrected chi connectivity index (χ2v) is 28.2. The molecular formula is C61H94O27. The van der Waals surface area contributed by atoms with E-state index in [-0.39, 0.29) is 18.3 Å². The number of carbonyl (C=O) groups is 4. The molecule has 8 fully saturated rings. The molecule has 0 spiro atoms. The minimum Gasteiger partial charge on any atom is -0.479 e. The van der Waals surface area contributed by atoms with Gasteiger partial charge in [0.05, 0.1) is 37.9 Å². The number of esters is 3. The average Bonchev–Trinajstić information content (AvgIpc) is 0.678. The lowest BCUT2D eigenvalue weighted by Crippen LogP contribution is -2.73. The molecule has 0 unspecified atom stereocenters. The molecule has 5 aliphatic carbocycles. The number of rotatable bonds is 15. The standard InChI is InChI=1S/C61H94O27/c1-12-25(2)51(77)88-48-49(81-27(4)65)61(24-63)29(19-56(48,5)6)28-13-14-34-58(9)17-16-35(57(7,8)33(58)15-18-59(34,10)60(28,11)20-36(61)80-26(3)64)83-55-47(87-53-42(73)40(71)39(70)32(21-62)82-53)44(43(74)45(85-55)50(75)76)84-54-46(38(69)31(67)23-79-54)86-52-41(72)37(68)30(66)22-78-52/h12-13,29-49,52-55,62-63,66-74H,14-24H2,1-11H3,(H,75,76)/t29-,30+,31-,32+,33-,34+,35-,36+,37-,38-,39-,40-,41+,42+,43-,44-,45-,46+,47+,48-,49-,52-,53-,54-,55+,58-,59+,60+,61-/m0/s1. The molecule has 0 aromatic heterocycles. The fourth-order valence-electron chi connectivity index (χ4n) is 17.5. The smallest absolute Gasteiger partial charge is 0.335 e. The van der Waals surface area contributed by atoms with E-state index in [0.717, 1.165) is 5.57 Å². The van der Waals surface area contributed by atoms with Gasteiger partial charge in [0, 0.05) is 24.8 Å². The summed E-state index contributed by atoms with van der Waals surface area (Å²) in [6, 6.07) is 0. The van der Waals surface area contributed by atoms with Gasteiger partial charge in [-0.3, -0.25) is 9.59 Å². The van der Waals surface area contributed by atoms with Crippen LogP contribution >= 0.6 is 0 Å². The molecule has 0 bridgehead atoms. The van der Waals surface area contributed by atoms with Gasteiger partial charge in [0.15, 0.2) is 37.4 Å². The van der Waals surface area contributed by atoms with Gasteiger partial charge in [0.25, 0.3) is 0 Å². The van der Waals surface area contributed by atoms with Crippen LogP contribution in [-0.2, 0) is 71.3 Å². The van der Waals surface area contributed by atoms with Gasteiger partial charge in [-0.25, -0.2) is 9.59 Å². The first-order valence-electron chi connectivity index (χ1n) is 30.7. The Hall–Kier alpha value is -3.40. The Morgan fingerprint density at radius 1 is 0.614 bits per heavy atom. The zero-order chi connectivity index (χ0) is 64.9. The van der Waals surface area contributed by atoms with E-state index in [9.17, 15) is 80.5 Å². The SMILES string of the molecule is CC=C(C)C(=O)O[C@H]1[C@H](OC(C)=O)[C@]2(CO)[C@H](OC(C)=O)C[C@]3(C)C(=CC[C@@H]4[C@@]5(C)CC[C@H](O[C@@H]6O[C@H](C(=O)O)[C@@H](O)[C@H](O[C@@H]7OC[C@H](O)[C@H](O)[C@H]7O[C@@H]7OC[C@@H](O)[C@H](O)[C@H]7O)[C@H]6O[C@@H]6O[C@H](CO)[C@H](O)[C@H](O)[C@H]6O)C(C)(C)[C@@H]5CC[C@]43C)[C@@H]2CC1(C)C. The Balaban J connectivity index is 1.06. The third kappa shape index (κ3) is 11.6. The number of carbonyl (C=O) groups excluding carboxylic acids is 3. The van der Waals surface area contributed by atoms with Crippen molar-refractivity contribution in [1.82, 2.24) is 0 Å². The summed E-state index contributed by atoms with van der Waals surface area (Å²) in [5.41, 5.74) is -3.40. The number of ether oxygens (including phenoxy) is 11. The van der Waals surface area contributed by atoms with Gasteiger partial charge in [-0.05, 0) is 98.2 Å². The molecule has 0 aromatic carbocycles. The number of hydrogen-bond acceptors (Lipinski definition) is 26. The van der Waals surface area contributed by atoms with Crippen LogP contribution in [0.1, 0.15) is 121 Å². The first-order chi connectivity index (χ1) is 41.1. The Morgan fingerprint density at radius 2 is 1.23 bits per heavy atom. The summed E-state index contributed by atoms with van der Waals surface area (Å²) >= 11 is 0. The van der Waals surface area contributed by atoms with Crippen LogP contribution in [0.15, 0.2) is 23.3 Å². The summed E-state index contributed by atoms with van der Waals surface area (Å²) in [5.74, 6) is -4.30. The van der Waals surface area contributed by atoms with Crippen LogP contribution in [0.25, 0.3) is 0 Å². The molecule has 0 aromatic rings. The molecule has 500 valence electrons. The summed E-state index contributed by atoms with van der Waals surface area (Å²) in [5, 5.41) is 131. The predicted molar refractivity (Wildman–Crippen MR) is 298 cm³/mol. The van der Waals surface area contributed by atoms with Crippen LogP contribution in [0.4, 0.5) is 0 Å². The normalized spacial score (nSPS) is 49.1. The maximum absolute atomic E-state index is 13.6. The second-order valence-electron chi connectivity index (χ2n) is 28.2. The highest BCUT2D eigenvalue weighted by Gasteiger charge is 2.75. The summed E-state index contributed by atoms with van der Waals surface area (Å²) < 4.78 is 67.6. The number of carboxylic acid groups (broad SMARTS) is 1. The molecule has 88 heavy (non-hydrogen) atoms. The maximum atomic E-state index is 13.6. The first kappa shape index (κ1) is 69.0. The summed E-state index contributed by atoms with van der Waals surface area (Å²) in [6.45, 7) is 17.9. The van der Waals surface area contributed by atoms with Crippen LogP contribution in [0.3, 0.4) is 0 Å². The molecule has 12 N–H and O–H groups in total. The Kier molecular flexibility index (Phi) is 20.0. The number of aliphatic hydroxyl groups is 11. The number of aliphatic carboxylic acids is 1. The van der Waals surface area contributed by atoms with Crippen molar-refractivity contribution in [2.24, 2.45) is 50.2 Å². The Labute approximate surface area is 511 Å². The van der Waals surface area contributed by atoms with Gasteiger partial charge < -0.3 is 113 Å². The van der Waals surface area contributed by atoms with E-state index in [0.29, 0.717) is 44.1 Å². The van der Waals surface area contributed by atoms with Crippen LogP contribution < -0.4 is 0 Å². The van der Waals surface area contributed by atoms with E-state index in [1.807, 2.05) is 27.7 Å². The van der Waals surface area contributed by atoms with Crippen molar-refractivity contribution in [3.8, 4) is 0 Å². The fourth-order valence-corrected chi connectivity index (χ4v) is 17.5. The molecule has 9 aliphatic rings. The highest BCUT2D eigenvalue weighted by molar-refractivity contribution is 5.87. The Bertz CT molecular complexity index is 2610. The molecule has 4 aliphatic heterocycles. The number of aliphatic hydroxyl groups excluding tert-OH is 11. The molecule has 9 rings (SSSR count). The average molecular weight is 1260 g/mol. The number of allylic oxidation sites excluding steroid dienone is 3. The lowest BCUT2D eigenvalue weighted by Gasteiger charge is -2.72. The monoisotopic (exact) mass is 1260 g/mol. The second kappa shape index (κ2) is 25.5. The van der Waals surface area contributed by atoms with Crippen LogP contribution in [-0.4, -0.2) is 247 Å². The van der Waals surface area contributed by atoms with Crippen molar-refractivity contribution in [1.29, 1.82) is 0 Å². The largest absolute Gasteiger partial charge is 0.479 e. The molecule has 29 atom stereocenters. The number of hydrogen-bond donors (Lipinski definition) is 12. The van der Waals surface area contributed by atoms with E-state index in [1.165, 1.54) is 13.8 Å². The van der Waals surface area contributed by atoms with Crippen LogP contribution in [0.2, 0.25) is 0 Å². The maximum Gasteiger partial charge on any atom is 0.335 e. The third-order valence-corrected chi connectivity index (χ3v) is 22.5. The highest BCUT2D eigenvalue weighted by atomic mass is 16.8. The molecule has 0 amide bonds. The lowest BCUT2D eigenvalue weighted by molar-refractivity contribution is -0.399. The van der Waals surface area contributed by atoms with Gasteiger partial charge in [-0.1, -0.05) is 66.2 Å². The van der Waals surface area contributed by atoms with Crippen molar-refractivity contribution in [3.05, 3.63) is 23.3 Å². The zero-order valence-corrected chi connectivity index (χ0v) is 51.9. The van der Waals surface area contributed by atoms with Crippen molar-refractivity contribution in [2.75, 3.05) is 26.4 Å². The molecule has 27 heteroatoms. The van der Waals surface area contributed by atoms with Gasteiger partial charge in [-0.15, -0.1) is 0 Å². The van der Waals surface area contributed by atoms with Crippen molar-refractivity contribution >= 4 is 23.9 Å². The Morgan fingerprint density at radius 3 is 1.84 bits per heavy atom.